The Morgan fingerprint density at radius 2 is 1.96 bits per heavy atom. The lowest BCUT2D eigenvalue weighted by molar-refractivity contribution is -0.122. The van der Waals surface area contributed by atoms with Crippen LogP contribution in [0.3, 0.4) is 0 Å². The first kappa shape index (κ1) is 20.0. The largest absolute Gasteiger partial charge is 0.349 e. The molecule has 0 bridgehead atoms. The predicted octanol–water partition coefficient (Wildman–Crippen LogP) is 3.07. The van der Waals surface area contributed by atoms with Crippen molar-refractivity contribution in [3.05, 3.63) is 47.8 Å². The Kier molecular flexibility index (Phi) is 6.11. The molecule has 0 aliphatic carbocycles. The highest BCUT2D eigenvalue weighted by molar-refractivity contribution is 5.93. The molecule has 1 aliphatic rings. The van der Waals surface area contributed by atoms with Crippen molar-refractivity contribution in [3.8, 4) is 5.69 Å². The van der Waals surface area contributed by atoms with Crippen molar-refractivity contribution < 1.29 is 14.0 Å². The molecule has 7 heteroatoms. The van der Waals surface area contributed by atoms with E-state index in [4.69, 9.17) is 0 Å². The molecule has 1 fully saturated rings. The molecule has 2 amide bonds. The summed E-state index contributed by atoms with van der Waals surface area (Å²) in [5.74, 6) is -0.325. The molecule has 1 aromatic carbocycles. The minimum absolute atomic E-state index is 0.0366. The zero-order valence-corrected chi connectivity index (χ0v) is 16.6. The van der Waals surface area contributed by atoms with Gasteiger partial charge in [-0.25, -0.2) is 9.07 Å². The zero-order valence-electron chi connectivity index (χ0n) is 16.6. The molecule has 2 atom stereocenters. The van der Waals surface area contributed by atoms with E-state index < -0.39 is 12.2 Å². The number of aromatic nitrogens is 2. The highest BCUT2D eigenvalue weighted by Gasteiger charge is 2.37. The number of halogens is 1. The summed E-state index contributed by atoms with van der Waals surface area (Å²) >= 11 is 0. The molecule has 1 aliphatic heterocycles. The average Bonchev–Trinajstić information content (AvgIpc) is 3.27. The van der Waals surface area contributed by atoms with Crippen molar-refractivity contribution >= 4 is 11.8 Å². The predicted molar refractivity (Wildman–Crippen MR) is 105 cm³/mol. The third-order valence-corrected chi connectivity index (χ3v) is 4.91. The Morgan fingerprint density at radius 3 is 2.61 bits per heavy atom. The summed E-state index contributed by atoms with van der Waals surface area (Å²) in [6.45, 7) is 6.09. The van der Waals surface area contributed by atoms with E-state index in [0.29, 0.717) is 18.5 Å². The van der Waals surface area contributed by atoms with Gasteiger partial charge < -0.3 is 10.2 Å². The molecule has 150 valence electrons. The van der Waals surface area contributed by atoms with Crippen molar-refractivity contribution in [1.29, 1.82) is 0 Å². The van der Waals surface area contributed by atoms with Crippen molar-refractivity contribution in [3.63, 3.8) is 0 Å². The monoisotopic (exact) mass is 386 g/mol. The number of carbonyl (C=O) groups excluding carboxylic acids is 2. The fourth-order valence-electron chi connectivity index (χ4n) is 3.42. The van der Waals surface area contributed by atoms with Crippen LogP contribution in [0, 0.1) is 0 Å². The van der Waals surface area contributed by atoms with Gasteiger partial charge in [0.05, 0.1) is 18.3 Å². The maximum atomic E-state index is 14.4. The Labute approximate surface area is 164 Å². The third-order valence-electron chi connectivity index (χ3n) is 4.91. The quantitative estimate of drug-likeness (QED) is 0.830. The van der Waals surface area contributed by atoms with E-state index >= 15 is 0 Å². The molecule has 2 heterocycles. The van der Waals surface area contributed by atoms with Crippen molar-refractivity contribution in [2.75, 3.05) is 13.1 Å². The highest BCUT2D eigenvalue weighted by atomic mass is 19.1. The number of benzene rings is 1. The van der Waals surface area contributed by atoms with Crippen LogP contribution in [-0.2, 0) is 4.79 Å². The van der Waals surface area contributed by atoms with Gasteiger partial charge in [-0.05, 0) is 30.5 Å². The summed E-state index contributed by atoms with van der Waals surface area (Å²) in [5.41, 5.74) is 2.08. The van der Waals surface area contributed by atoms with Gasteiger partial charge in [-0.15, -0.1) is 0 Å². The Bertz CT molecular complexity index is 834. The SMILES string of the molecule is CCCC(=O)N[C@@H]1CN(C(=O)c2cc(C(C)C)n(-c3ccccc3)n2)C[C@@H]1F. The smallest absolute Gasteiger partial charge is 0.274 e. The Morgan fingerprint density at radius 1 is 1.25 bits per heavy atom. The van der Waals surface area contributed by atoms with Crippen molar-refractivity contribution in [2.45, 2.75) is 51.7 Å². The lowest BCUT2D eigenvalue weighted by atomic mass is 10.1. The minimum Gasteiger partial charge on any atom is -0.349 e. The number of nitrogens with one attached hydrogen (secondary N) is 1. The van der Waals surface area contributed by atoms with E-state index in [-0.39, 0.29) is 30.8 Å². The summed E-state index contributed by atoms with van der Waals surface area (Å²) in [4.78, 5) is 26.1. The average molecular weight is 386 g/mol. The van der Waals surface area contributed by atoms with E-state index in [1.807, 2.05) is 51.1 Å². The summed E-state index contributed by atoms with van der Waals surface area (Å²) in [7, 11) is 0. The summed E-state index contributed by atoms with van der Waals surface area (Å²) in [6, 6.07) is 10.7. The van der Waals surface area contributed by atoms with Gasteiger partial charge in [-0.1, -0.05) is 39.0 Å². The zero-order chi connectivity index (χ0) is 20.3. The molecule has 0 saturated carbocycles. The summed E-state index contributed by atoms with van der Waals surface area (Å²) in [6.07, 6.45) is -0.214. The highest BCUT2D eigenvalue weighted by Crippen LogP contribution is 2.23. The maximum absolute atomic E-state index is 14.4. The van der Waals surface area contributed by atoms with E-state index in [1.54, 1.807) is 10.7 Å². The number of rotatable bonds is 6. The lowest BCUT2D eigenvalue weighted by Crippen LogP contribution is -2.41. The fraction of sp³-hybridized carbons (Fsp3) is 0.476. The fourth-order valence-corrected chi connectivity index (χ4v) is 3.42. The van der Waals surface area contributed by atoms with Crippen LogP contribution < -0.4 is 5.32 Å². The van der Waals surface area contributed by atoms with Crippen LogP contribution >= 0.6 is 0 Å². The Hall–Kier alpha value is -2.70. The third kappa shape index (κ3) is 4.24. The first-order valence-electron chi connectivity index (χ1n) is 9.78. The van der Waals surface area contributed by atoms with E-state index in [9.17, 15) is 14.0 Å². The molecule has 0 radical (unpaired) electrons. The van der Waals surface area contributed by atoms with Crippen LogP contribution in [0.5, 0.6) is 0 Å². The van der Waals surface area contributed by atoms with Crippen LogP contribution in [0.4, 0.5) is 4.39 Å². The molecule has 3 rings (SSSR count). The number of hydrogen-bond acceptors (Lipinski definition) is 3. The second kappa shape index (κ2) is 8.54. The van der Waals surface area contributed by atoms with Gasteiger partial charge in [0.15, 0.2) is 5.69 Å². The van der Waals surface area contributed by atoms with Gasteiger partial charge in [0, 0.05) is 18.7 Å². The van der Waals surface area contributed by atoms with Gasteiger partial charge in [0.25, 0.3) is 5.91 Å². The second-order valence-corrected chi connectivity index (χ2v) is 7.51. The number of nitrogens with zero attached hydrogens (tertiary/aromatic N) is 3. The van der Waals surface area contributed by atoms with Crippen molar-refractivity contribution in [1.82, 2.24) is 20.0 Å². The van der Waals surface area contributed by atoms with Crippen LogP contribution in [0.2, 0.25) is 0 Å². The number of amides is 2. The molecule has 1 saturated heterocycles. The molecule has 1 aromatic heterocycles. The molecular formula is C21H27FN4O2. The molecule has 6 nitrogen and oxygen atoms in total. The van der Waals surface area contributed by atoms with Crippen LogP contribution in [-0.4, -0.2) is 51.8 Å². The molecule has 1 N–H and O–H groups in total. The number of carbonyl (C=O) groups is 2. The van der Waals surface area contributed by atoms with E-state index in [2.05, 4.69) is 10.4 Å². The van der Waals surface area contributed by atoms with E-state index in [0.717, 1.165) is 11.4 Å². The minimum atomic E-state index is -1.27. The summed E-state index contributed by atoms with van der Waals surface area (Å²) < 4.78 is 16.1. The summed E-state index contributed by atoms with van der Waals surface area (Å²) in [5, 5.41) is 7.20. The number of likely N-dealkylation sites (tertiary alicyclic amines) is 1. The first-order valence-corrected chi connectivity index (χ1v) is 9.78. The Balaban J connectivity index is 1.79. The van der Waals surface area contributed by atoms with Gasteiger partial charge in [-0.3, -0.25) is 9.59 Å². The van der Waals surface area contributed by atoms with Crippen LogP contribution in [0.1, 0.15) is 55.7 Å². The number of hydrogen-bond donors (Lipinski definition) is 1. The lowest BCUT2D eigenvalue weighted by Gasteiger charge is -2.15. The van der Waals surface area contributed by atoms with Gasteiger partial charge in [0.2, 0.25) is 5.91 Å². The molecule has 0 spiro atoms. The number of alkyl halides is 1. The van der Waals surface area contributed by atoms with Crippen molar-refractivity contribution in [2.24, 2.45) is 0 Å². The van der Waals surface area contributed by atoms with E-state index in [1.165, 1.54) is 4.90 Å². The first-order chi connectivity index (χ1) is 13.4. The molecule has 0 unspecified atom stereocenters. The van der Waals surface area contributed by atoms with Gasteiger partial charge >= 0.3 is 0 Å². The van der Waals surface area contributed by atoms with Gasteiger partial charge in [0.1, 0.15) is 6.17 Å². The standard InChI is InChI=1S/C21H27FN4O2/c1-4-8-20(27)23-18-13-25(12-16(18)22)21(28)17-11-19(14(2)3)26(24-17)15-9-6-5-7-10-15/h5-7,9-11,14,16,18H,4,8,12-13H2,1-3H3,(H,23,27)/t16-,18+/m0/s1. The second-order valence-electron chi connectivity index (χ2n) is 7.51. The maximum Gasteiger partial charge on any atom is 0.274 e. The normalized spacial score (nSPS) is 19.2. The number of para-hydroxylation sites is 1. The van der Waals surface area contributed by atoms with Crippen LogP contribution in [0.25, 0.3) is 5.69 Å². The molecular weight excluding hydrogens is 359 g/mol. The van der Waals surface area contributed by atoms with Crippen LogP contribution in [0.15, 0.2) is 36.4 Å². The molecule has 28 heavy (non-hydrogen) atoms. The topological polar surface area (TPSA) is 67.2 Å². The van der Waals surface area contributed by atoms with Gasteiger partial charge in [-0.2, -0.15) is 5.10 Å². The molecule has 2 aromatic rings.